The zero-order chi connectivity index (χ0) is 23.1. The molecule has 0 aliphatic carbocycles. The van der Waals surface area contributed by atoms with Crippen molar-refractivity contribution in [2.75, 3.05) is 0 Å². The van der Waals surface area contributed by atoms with Gasteiger partial charge in [0.15, 0.2) is 5.78 Å². The molecule has 0 fully saturated rings. The summed E-state index contributed by atoms with van der Waals surface area (Å²) in [5, 5.41) is 7.39. The number of ketones is 1. The van der Waals surface area contributed by atoms with Crippen LogP contribution >= 0.6 is 0 Å². The molecular weight excluding hydrogens is 410 g/mol. The van der Waals surface area contributed by atoms with E-state index in [0.717, 1.165) is 27.5 Å². The van der Waals surface area contributed by atoms with E-state index in [1.54, 1.807) is 13.0 Å². The number of sulfonamides is 1. The minimum absolute atomic E-state index is 0.0673. The highest BCUT2D eigenvalue weighted by Crippen LogP contribution is 2.42. The van der Waals surface area contributed by atoms with Gasteiger partial charge in [-0.05, 0) is 86.2 Å². The summed E-state index contributed by atoms with van der Waals surface area (Å²) in [4.78, 5) is 12.8. The lowest BCUT2D eigenvalue weighted by Crippen LogP contribution is -2.27. The normalized spacial score (nSPS) is 13.4. The van der Waals surface area contributed by atoms with E-state index in [9.17, 15) is 13.2 Å². The smallest absolute Gasteiger partial charge is 0.238 e. The summed E-state index contributed by atoms with van der Waals surface area (Å²) >= 11 is 0. The van der Waals surface area contributed by atoms with Crippen LogP contribution in [0, 0.1) is 13.8 Å². The number of Topliss-reactive ketones (excluding diaryl/α,β-unsaturated/α-hetero) is 1. The highest BCUT2D eigenvalue weighted by atomic mass is 32.2. The van der Waals surface area contributed by atoms with Crippen LogP contribution < -0.4 is 5.14 Å². The monoisotopic (exact) mass is 439 g/mol. The molecule has 0 aliphatic heterocycles. The molecule has 0 aromatic heterocycles. The average molecular weight is 440 g/mol. The quantitative estimate of drug-likeness (QED) is 0.591. The average Bonchev–Trinajstić information content (AvgIpc) is 2.64. The maximum absolute atomic E-state index is 12.8. The first-order valence-corrected chi connectivity index (χ1v) is 11.7. The third-order valence-electron chi connectivity index (χ3n) is 5.26. The Balaban J connectivity index is 2.49. The Hall–Kier alpha value is -2.54. The Morgan fingerprint density at radius 3 is 2.26 bits per heavy atom. The van der Waals surface area contributed by atoms with Crippen molar-refractivity contribution >= 4 is 26.6 Å². The molecule has 2 N–H and O–H groups in total. The van der Waals surface area contributed by atoms with Gasteiger partial charge >= 0.3 is 0 Å². The van der Waals surface area contributed by atoms with Gasteiger partial charge < -0.3 is 4.74 Å². The van der Waals surface area contributed by atoms with Gasteiger partial charge in [-0.2, -0.15) is 0 Å². The molecule has 31 heavy (non-hydrogen) atoms. The fourth-order valence-electron chi connectivity index (χ4n) is 4.02. The molecule has 0 saturated carbocycles. The Labute approximate surface area is 184 Å². The molecule has 1 atom stereocenters. The van der Waals surface area contributed by atoms with E-state index in [1.807, 2.05) is 64.1 Å². The van der Waals surface area contributed by atoms with E-state index in [-0.39, 0.29) is 10.7 Å². The van der Waals surface area contributed by atoms with E-state index < -0.39 is 21.7 Å². The van der Waals surface area contributed by atoms with Crippen LogP contribution in [0.15, 0.2) is 53.4 Å². The molecule has 5 nitrogen and oxygen atoms in total. The molecule has 0 saturated heterocycles. The van der Waals surface area contributed by atoms with Crippen molar-refractivity contribution in [2.45, 2.75) is 58.1 Å². The number of benzene rings is 3. The van der Waals surface area contributed by atoms with Gasteiger partial charge in [-0.15, -0.1) is 0 Å². The van der Waals surface area contributed by atoms with E-state index in [4.69, 9.17) is 9.88 Å². The van der Waals surface area contributed by atoms with Crippen molar-refractivity contribution in [1.82, 2.24) is 0 Å². The van der Waals surface area contributed by atoms with Gasteiger partial charge in [-0.25, -0.2) is 13.6 Å². The number of rotatable bonds is 5. The first-order chi connectivity index (χ1) is 14.3. The lowest BCUT2D eigenvalue weighted by Gasteiger charge is -2.30. The summed E-state index contributed by atoms with van der Waals surface area (Å²) in [5.74, 6) is -0.116. The number of primary sulfonamides is 1. The number of hydrogen-bond donors (Lipinski definition) is 1. The predicted octanol–water partition coefficient (Wildman–Crippen LogP) is 5.22. The van der Waals surface area contributed by atoms with Gasteiger partial charge in [0.25, 0.3) is 0 Å². The van der Waals surface area contributed by atoms with Gasteiger partial charge in [-0.3, -0.25) is 4.79 Å². The number of carbonyl (C=O) groups excluding carboxylic acids is 1. The van der Waals surface area contributed by atoms with Crippen molar-refractivity contribution in [3.8, 4) is 11.1 Å². The van der Waals surface area contributed by atoms with Gasteiger partial charge in [0.05, 0.1) is 10.5 Å². The number of aryl methyl sites for hydroxylation is 1. The zero-order valence-electron chi connectivity index (χ0n) is 18.8. The fraction of sp³-hybridized carbons (Fsp3) is 0.320. The van der Waals surface area contributed by atoms with Crippen LogP contribution in [0.3, 0.4) is 0 Å². The largest absolute Gasteiger partial charge is 0.360 e. The lowest BCUT2D eigenvalue weighted by atomic mass is 9.85. The Bertz CT molecular complexity index is 1270. The molecule has 0 radical (unpaired) electrons. The summed E-state index contributed by atoms with van der Waals surface area (Å²) in [7, 11) is -3.90. The Kier molecular flexibility index (Phi) is 6.11. The van der Waals surface area contributed by atoms with Crippen molar-refractivity contribution in [3.63, 3.8) is 0 Å². The van der Waals surface area contributed by atoms with Gasteiger partial charge in [0, 0.05) is 0 Å². The third kappa shape index (κ3) is 4.71. The van der Waals surface area contributed by atoms with E-state index in [2.05, 4.69) is 0 Å². The van der Waals surface area contributed by atoms with Crippen LogP contribution in [-0.4, -0.2) is 19.8 Å². The molecule has 0 spiro atoms. The van der Waals surface area contributed by atoms with E-state index in [1.165, 1.54) is 13.0 Å². The second-order valence-electron chi connectivity index (χ2n) is 8.90. The van der Waals surface area contributed by atoms with Crippen LogP contribution in [0.4, 0.5) is 0 Å². The molecule has 6 heteroatoms. The second kappa shape index (κ2) is 8.19. The summed E-state index contributed by atoms with van der Waals surface area (Å²) in [6, 6.07) is 14.9. The number of hydrogen-bond acceptors (Lipinski definition) is 4. The number of ether oxygens (including phenoxy) is 1. The SMILES string of the molecule is CC(=O)[C@@H](OC(C)(C)C)c1c(C)cc2ccccc2c1-c1cccc(S(N)(=O)=O)c1C. The summed E-state index contributed by atoms with van der Waals surface area (Å²) in [5.41, 5.74) is 3.14. The minimum atomic E-state index is -3.90. The molecule has 0 bridgehead atoms. The Morgan fingerprint density at radius 1 is 1.03 bits per heavy atom. The molecular formula is C25H29NO4S. The van der Waals surface area contributed by atoms with Crippen molar-refractivity contribution in [3.05, 3.63) is 65.2 Å². The van der Waals surface area contributed by atoms with Gasteiger partial charge in [-0.1, -0.05) is 42.5 Å². The maximum atomic E-state index is 12.8. The number of carbonyl (C=O) groups is 1. The van der Waals surface area contributed by atoms with Crippen molar-refractivity contribution in [1.29, 1.82) is 0 Å². The second-order valence-corrected chi connectivity index (χ2v) is 10.4. The molecule has 3 aromatic carbocycles. The van der Waals surface area contributed by atoms with Crippen LogP contribution in [0.2, 0.25) is 0 Å². The Morgan fingerprint density at radius 2 is 1.68 bits per heavy atom. The molecule has 0 heterocycles. The molecule has 0 amide bonds. The van der Waals surface area contributed by atoms with Crippen LogP contribution in [-0.2, 0) is 19.6 Å². The van der Waals surface area contributed by atoms with Crippen LogP contribution in [0.5, 0.6) is 0 Å². The standard InChI is InChI=1S/C25H29NO4S/c1-15-14-18-10-7-8-11-20(18)23(22(15)24(17(3)27)30-25(4,5)6)19-12-9-13-21(16(19)2)31(26,28)29/h7-14,24H,1-6H3,(H2,26,28,29)/t24-/m1/s1. The molecule has 3 rings (SSSR count). The molecule has 164 valence electrons. The van der Waals surface area contributed by atoms with Gasteiger partial charge in [0.2, 0.25) is 10.0 Å². The summed E-state index contributed by atoms with van der Waals surface area (Å²) in [6.45, 7) is 10.9. The molecule has 3 aromatic rings. The molecule has 0 aliphatic rings. The lowest BCUT2D eigenvalue weighted by molar-refractivity contribution is -0.138. The maximum Gasteiger partial charge on any atom is 0.238 e. The summed E-state index contributed by atoms with van der Waals surface area (Å²) in [6.07, 6.45) is -0.794. The van der Waals surface area contributed by atoms with E-state index in [0.29, 0.717) is 11.1 Å². The van der Waals surface area contributed by atoms with Crippen molar-refractivity contribution < 1.29 is 17.9 Å². The first-order valence-electron chi connectivity index (χ1n) is 10.1. The van der Waals surface area contributed by atoms with Crippen molar-refractivity contribution in [2.24, 2.45) is 5.14 Å². The third-order valence-corrected chi connectivity index (χ3v) is 6.31. The van der Waals surface area contributed by atoms with Crippen LogP contribution in [0.1, 0.15) is 50.5 Å². The number of nitrogens with two attached hydrogens (primary N) is 1. The van der Waals surface area contributed by atoms with Gasteiger partial charge in [0.1, 0.15) is 6.10 Å². The fourth-order valence-corrected chi connectivity index (χ4v) is 4.83. The summed E-state index contributed by atoms with van der Waals surface area (Å²) < 4.78 is 30.6. The topological polar surface area (TPSA) is 86.5 Å². The predicted molar refractivity (Wildman–Crippen MR) is 124 cm³/mol. The minimum Gasteiger partial charge on any atom is -0.360 e. The van der Waals surface area contributed by atoms with Crippen LogP contribution in [0.25, 0.3) is 21.9 Å². The molecule has 0 unspecified atom stereocenters. The first kappa shape index (κ1) is 23.1. The zero-order valence-corrected chi connectivity index (χ0v) is 19.6. The highest BCUT2D eigenvalue weighted by molar-refractivity contribution is 7.89. The highest BCUT2D eigenvalue weighted by Gasteiger charge is 2.30. The van der Waals surface area contributed by atoms with E-state index >= 15 is 0 Å². The number of fused-ring (bicyclic) bond motifs is 1.